The summed E-state index contributed by atoms with van der Waals surface area (Å²) in [4.78, 5) is 11.5. The molecule has 0 fully saturated rings. The molecule has 0 unspecified atom stereocenters. The molecular weight excluding hydrogens is 170 g/mol. The van der Waals surface area contributed by atoms with Gasteiger partial charge >= 0.3 is 0 Å². The zero-order chi connectivity index (χ0) is 9.68. The zero-order valence-corrected chi connectivity index (χ0v) is 7.30. The number of carbonyl (C=O) groups excluding carboxylic acids is 1. The maximum Gasteiger partial charge on any atom is 0.212 e. The Balaban J connectivity index is 2.54. The van der Waals surface area contributed by atoms with Crippen molar-refractivity contribution in [3.63, 3.8) is 0 Å². The first kappa shape index (κ1) is 9.38. The summed E-state index contributed by atoms with van der Waals surface area (Å²) < 4.78 is 5.13. The van der Waals surface area contributed by atoms with E-state index in [1.165, 1.54) is 11.0 Å². The molecule has 0 bridgehead atoms. The van der Waals surface area contributed by atoms with Gasteiger partial charge in [-0.05, 0) is 12.1 Å². The fourth-order valence-electron chi connectivity index (χ4n) is 0.781. The van der Waals surface area contributed by atoms with Crippen molar-refractivity contribution in [1.82, 2.24) is 4.90 Å². The molecule has 1 aromatic carbocycles. The SMILES string of the molecule is CN(C=O)COc1ccccc1O. The fraction of sp³-hybridized carbons (Fsp3) is 0.222. The number of ether oxygens (including phenoxy) is 1. The molecule has 0 saturated carbocycles. The van der Waals surface area contributed by atoms with Crippen LogP contribution in [0.15, 0.2) is 24.3 Å². The van der Waals surface area contributed by atoms with Crippen molar-refractivity contribution >= 4 is 6.41 Å². The third kappa shape index (κ3) is 2.66. The smallest absolute Gasteiger partial charge is 0.212 e. The number of phenolic OH excluding ortho intramolecular Hbond substituents is 1. The van der Waals surface area contributed by atoms with Crippen molar-refractivity contribution in [2.24, 2.45) is 0 Å². The first-order valence-electron chi connectivity index (χ1n) is 3.80. The Morgan fingerprint density at radius 1 is 1.54 bits per heavy atom. The van der Waals surface area contributed by atoms with E-state index in [0.717, 1.165) is 0 Å². The molecular formula is C9H11NO3. The minimum Gasteiger partial charge on any atom is -0.504 e. The number of nitrogens with zero attached hydrogens (tertiary/aromatic N) is 1. The largest absolute Gasteiger partial charge is 0.504 e. The predicted octanol–water partition coefficient (Wildman–Crippen LogP) is 0.817. The molecule has 0 aliphatic heterocycles. The number of hydrogen-bond donors (Lipinski definition) is 1. The van der Waals surface area contributed by atoms with Gasteiger partial charge < -0.3 is 14.7 Å². The summed E-state index contributed by atoms with van der Waals surface area (Å²) in [6.45, 7) is 0.126. The van der Waals surface area contributed by atoms with Crippen molar-refractivity contribution in [1.29, 1.82) is 0 Å². The average molecular weight is 181 g/mol. The second kappa shape index (κ2) is 4.35. The number of carbonyl (C=O) groups is 1. The molecule has 1 N–H and O–H groups in total. The van der Waals surface area contributed by atoms with Gasteiger partial charge in [-0.15, -0.1) is 0 Å². The van der Waals surface area contributed by atoms with Gasteiger partial charge in [0.25, 0.3) is 0 Å². The third-order valence-corrected chi connectivity index (χ3v) is 1.47. The van der Waals surface area contributed by atoms with Crippen LogP contribution in [0.2, 0.25) is 0 Å². The van der Waals surface area contributed by atoms with E-state index in [9.17, 15) is 9.90 Å². The van der Waals surface area contributed by atoms with E-state index in [0.29, 0.717) is 12.2 Å². The molecule has 0 spiro atoms. The highest BCUT2D eigenvalue weighted by Gasteiger charge is 2.00. The highest BCUT2D eigenvalue weighted by molar-refractivity contribution is 5.46. The summed E-state index contributed by atoms with van der Waals surface area (Å²) >= 11 is 0. The number of phenols is 1. The first-order chi connectivity index (χ1) is 6.24. The second-order valence-electron chi connectivity index (χ2n) is 2.60. The number of aromatic hydroxyl groups is 1. The van der Waals surface area contributed by atoms with Crippen molar-refractivity contribution in [2.75, 3.05) is 13.8 Å². The number of amides is 1. The van der Waals surface area contributed by atoms with Crippen LogP contribution in [0.25, 0.3) is 0 Å². The summed E-state index contributed by atoms with van der Waals surface area (Å²) in [5.74, 6) is 0.443. The molecule has 13 heavy (non-hydrogen) atoms. The lowest BCUT2D eigenvalue weighted by Gasteiger charge is -2.12. The number of para-hydroxylation sites is 2. The van der Waals surface area contributed by atoms with Gasteiger partial charge in [-0.2, -0.15) is 0 Å². The van der Waals surface area contributed by atoms with Crippen LogP contribution in [-0.2, 0) is 4.79 Å². The quantitative estimate of drug-likeness (QED) is 0.552. The number of hydrogen-bond acceptors (Lipinski definition) is 3. The van der Waals surface area contributed by atoms with Crippen LogP contribution in [0.1, 0.15) is 0 Å². The highest BCUT2D eigenvalue weighted by atomic mass is 16.5. The van der Waals surface area contributed by atoms with Crippen LogP contribution in [0, 0.1) is 0 Å². The first-order valence-corrected chi connectivity index (χ1v) is 3.80. The van der Waals surface area contributed by atoms with E-state index in [1.807, 2.05) is 0 Å². The molecule has 0 aliphatic rings. The second-order valence-corrected chi connectivity index (χ2v) is 2.60. The van der Waals surface area contributed by atoms with Gasteiger partial charge in [0.2, 0.25) is 6.41 Å². The minimum atomic E-state index is 0.0711. The summed E-state index contributed by atoms with van der Waals surface area (Å²) in [5, 5.41) is 9.26. The molecule has 1 amide bonds. The molecule has 1 aromatic rings. The Kier molecular flexibility index (Phi) is 3.14. The van der Waals surface area contributed by atoms with Gasteiger partial charge in [0, 0.05) is 7.05 Å². The monoisotopic (exact) mass is 181 g/mol. The van der Waals surface area contributed by atoms with E-state index in [-0.39, 0.29) is 12.5 Å². The number of benzene rings is 1. The maximum atomic E-state index is 10.2. The molecule has 0 radical (unpaired) electrons. The molecule has 0 atom stereocenters. The maximum absolute atomic E-state index is 10.2. The van der Waals surface area contributed by atoms with Crippen LogP contribution in [0.5, 0.6) is 11.5 Å². The Labute approximate surface area is 76.4 Å². The lowest BCUT2D eigenvalue weighted by atomic mass is 10.3. The summed E-state index contributed by atoms with van der Waals surface area (Å²) in [6.07, 6.45) is 0.653. The number of rotatable bonds is 4. The summed E-state index contributed by atoms with van der Waals surface area (Å²) in [7, 11) is 1.59. The van der Waals surface area contributed by atoms with Gasteiger partial charge in [0.05, 0.1) is 0 Å². The van der Waals surface area contributed by atoms with Crippen LogP contribution >= 0.6 is 0 Å². The molecule has 70 valence electrons. The highest BCUT2D eigenvalue weighted by Crippen LogP contribution is 2.23. The van der Waals surface area contributed by atoms with Gasteiger partial charge in [0.15, 0.2) is 18.2 Å². The fourth-order valence-corrected chi connectivity index (χ4v) is 0.781. The van der Waals surface area contributed by atoms with Crippen molar-refractivity contribution in [3.8, 4) is 11.5 Å². The van der Waals surface area contributed by atoms with Gasteiger partial charge in [0.1, 0.15) is 0 Å². The lowest BCUT2D eigenvalue weighted by Crippen LogP contribution is -2.21. The summed E-state index contributed by atoms with van der Waals surface area (Å²) in [6, 6.07) is 6.60. The van der Waals surface area contributed by atoms with E-state index in [4.69, 9.17) is 4.74 Å². The van der Waals surface area contributed by atoms with Crippen LogP contribution < -0.4 is 4.74 Å². The van der Waals surface area contributed by atoms with Crippen molar-refractivity contribution < 1.29 is 14.6 Å². The molecule has 1 rings (SSSR count). The Bertz CT molecular complexity index is 288. The molecule has 0 aliphatic carbocycles. The summed E-state index contributed by atoms with van der Waals surface area (Å²) in [5.41, 5.74) is 0. The van der Waals surface area contributed by atoms with E-state index in [1.54, 1.807) is 25.2 Å². The zero-order valence-electron chi connectivity index (χ0n) is 7.30. The predicted molar refractivity (Wildman–Crippen MR) is 47.4 cm³/mol. The molecule has 4 nitrogen and oxygen atoms in total. The lowest BCUT2D eigenvalue weighted by molar-refractivity contribution is -0.119. The van der Waals surface area contributed by atoms with E-state index < -0.39 is 0 Å². The topological polar surface area (TPSA) is 49.8 Å². The molecule has 0 aromatic heterocycles. The normalized spacial score (nSPS) is 9.31. The van der Waals surface area contributed by atoms with E-state index in [2.05, 4.69) is 0 Å². The third-order valence-electron chi connectivity index (χ3n) is 1.47. The van der Waals surface area contributed by atoms with E-state index >= 15 is 0 Å². The van der Waals surface area contributed by atoms with Crippen molar-refractivity contribution in [2.45, 2.75) is 0 Å². The van der Waals surface area contributed by atoms with Gasteiger partial charge in [-0.3, -0.25) is 4.79 Å². The Morgan fingerprint density at radius 3 is 2.85 bits per heavy atom. The van der Waals surface area contributed by atoms with Crippen molar-refractivity contribution in [3.05, 3.63) is 24.3 Å². The van der Waals surface area contributed by atoms with Crippen LogP contribution in [0.3, 0.4) is 0 Å². The standard InChI is InChI=1S/C9H11NO3/c1-10(6-11)7-13-9-5-3-2-4-8(9)12/h2-6,12H,7H2,1H3. The average Bonchev–Trinajstić information content (AvgIpc) is 2.16. The minimum absolute atomic E-state index is 0.0711. The van der Waals surface area contributed by atoms with Gasteiger partial charge in [-0.25, -0.2) is 0 Å². The molecule has 0 saturated heterocycles. The van der Waals surface area contributed by atoms with Gasteiger partial charge in [-0.1, -0.05) is 12.1 Å². The Morgan fingerprint density at radius 2 is 2.23 bits per heavy atom. The molecule has 0 heterocycles. The van der Waals surface area contributed by atoms with Crippen LogP contribution in [0.4, 0.5) is 0 Å². The van der Waals surface area contributed by atoms with Crippen LogP contribution in [-0.4, -0.2) is 30.2 Å². The molecule has 4 heteroatoms. The Hall–Kier alpha value is -1.71.